The molecule has 0 fully saturated rings. The average Bonchev–Trinajstić information content (AvgIpc) is 3.15. The molecule has 0 radical (unpaired) electrons. The van der Waals surface area contributed by atoms with E-state index in [1.165, 1.54) is 39.1 Å². The van der Waals surface area contributed by atoms with Gasteiger partial charge in [-0.05, 0) is 57.6 Å². The number of nitrogens with zero attached hydrogens (tertiary/aromatic N) is 1. The van der Waals surface area contributed by atoms with E-state index in [4.69, 9.17) is 4.74 Å². The molecule has 234 valence electrons. The minimum absolute atomic E-state index is 0.886. The van der Waals surface area contributed by atoms with E-state index in [9.17, 15) is 0 Å². The largest absolute Gasteiger partial charge is 0.497 e. The number of ether oxygens (including phenoxy) is 1. The van der Waals surface area contributed by atoms with Crippen molar-refractivity contribution >= 4 is 42.1 Å². The van der Waals surface area contributed by atoms with Gasteiger partial charge in [0.1, 0.15) is 5.75 Å². The summed E-state index contributed by atoms with van der Waals surface area (Å²) >= 11 is 0. The van der Waals surface area contributed by atoms with E-state index in [2.05, 4.69) is 140 Å². The number of hydrogen-bond donors (Lipinski definition) is 0. The van der Waals surface area contributed by atoms with E-state index in [-0.39, 0.29) is 0 Å². The van der Waals surface area contributed by atoms with Gasteiger partial charge in [-0.1, -0.05) is 182 Å². The lowest BCUT2D eigenvalue weighted by Crippen LogP contribution is -2.07. The Morgan fingerprint density at radius 1 is 0.340 bits per heavy atom. The monoisotopic (exact) mass is 613 g/mol. The van der Waals surface area contributed by atoms with Crippen molar-refractivity contribution in [1.29, 1.82) is 0 Å². The molecule has 0 amide bonds. The number of methoxy groups -OCH3 is 1. The Kier molecular flexibility index (Phi) is 14.1. The molecular formula is C45H43NO. The van der Waals surface area contributed by atoms with Crippen molar-refractivity contribution in [2.45, 2.75) is 0 Å². The first-order valence-electron chi connectivity index (χ1n) is 15.7. The van der Waals surface area contributed by atoms with Gasteiger partial charge in [0.2, 0.25) is 0 Å². The molecule has 0 bridgehead atoms. The Labute approximate surface area is 281 Å². The lowest BCUT2D eigenvalue weighted by Gasteiger charge is -2.11. The second-order valence-electron chi connectivity index (χ2n) is 10.9. The van der Waals surface area contributed by atoms with Crippen LogP contribution >= 0.6 is 0 Å². The van der Waals surface area contributed by atoms with Crippen molar-refractivity contribution in [3.8, 4) is 5.75 Å². The number of anilines is 1. The van der Waals surface area contributed by atoms with Gasteiger partial charge in [0.15, 0.2) is 0 Å². The van der Waals surface area contributed by atoms with Crippen LogP contribution in [0.5, 0.6) is 5.75 Å². The fraction of sp³-hybridized carbons (Fsp3) is 0.0667. The first-order chi connectivity index (χ1) is 23.1. The molecule has 47 heavy (non-hydrogen) atoms. The van der Waals surface area contributed by atoms with E-state index >= 15 is 0 Å². The normalized spacial score (nSPS) is 10.6. The summed E-state index contributed by atoms with van der Waals surface area (Å²) in [6.45, 7) is 0. The Balaban J connectivity index is 0.000000160. The molecular weight excluding hydrogens is 571 g/mol. The summed E-state index contributed by atoms with van der Waals surface area (Å²) < 4.78 is 5.11. The minimum Gasteiger partial charge on any atom is -0.497 e. The summed E-state index contributed by atoms with van der Waals surface area (Å²) in [6.07, 6.45) is 12.7. The molecule has 0 unspecified atom stereocenters. The van der Waals surface area contributed by atoms with Crippen LogP contribution in [0, 0.1) is 0 Å². The second kappa shape index (κ2) is 19.5. The molecule has 6 aromatic carbocycles. The molecule has 0 saturated carbocycles. The molecule has 0 atom stereocenters. The summed E-state index contributed by atoms with van der Waals surface area (Å²) in [5.74, 6) is 0.886. The van der Waals surface area contributed by atoms with Crippen LogP contribution in [0.2, 0.25) is 0 Å². The van der Waals surface area contributed by atoms with Gasteiger partial charge in [-0.25, -0.2) is 0 Å². The number of hydrogen-bond acceptors (Lipinski definition) is 2. The summed E-state index contributed by atoms with van der Waals surface area (Å²) in [7, 11) is 5.78. The molecule has 2 nitrogen and oxygen atoms in total. The van der Waals surface area contributed by atoms with Gasteiger partial charge >= 0.3 is 0 Å². The van der Waals surface area contributed by atoms with Crippen LogP contribution in [0.3, 0.4) is 0 Å². The summed E-state index contributed by atoms with van der Waals surface area (Å²) in [5.41, 5.74) is 8.51. The smallest absolute Gasteiger partial charge is 0.118 e. The van der Waals surface area contributed by atoms with Gasteiger partial charge in [0, 0.05) is 19.8 Å². The molecule has 0 aromatic heterocycles. The van der Waals surface area contributed by atoms with Gasteiger partial charge < -0.3 is 9.64 Å². The third-order valence-electron chi connectivity index (χ3n) is 7.13. The highest BCUT2D eigenvalue weighted by molar-refractivity contribution is 5.71. The molecule has 0 N–H and O–H groups in total. The van der Waals surface area contributed by atoms with Crippen molar-refractivity contribution in [2.24, 2.45) is 0 Å². The summed E-state index contributed by atoms with van der Waals surface area (Å²) in [4.78, 5) is 2.10. The molecule has 0 heterocycles. The van der Waals surface area contributed by atoms with Crippen molar-refractivity contribution in [3.63, 3.8) is 0 Å². The van der Waals surface area contributed by atoms with Crippen LogP contribution in [-0.4, -0.2) is 21.2 Å². The highest BCUT2D eigenvalue weighted by Gasteiger charge is 1.94. The van der Waals surface area contributed by atoms with E-state index in [0.29, 0.717) is 0 Å². The van der Waals surface area contributed by atoms with E-state index in [1.54, 1.807) is 7.11 Å². The molecule has 6 aromatic rings. The Morgan fingerprint density at radius 3 is 0.851 bits per heavy atom. The van der Waals surface area contributed by atoms with Crippen molar-refractivity contribution < 1.29 is 4.74 Å². The lowest BCUT2D eigenvalue weighted by molar-refractivity contribution is 0.415. The fourth-order valence-electron chi connectivity index (χ4n) is 4.43. The Hall–Kier alpha value is -5.86. The zero-order chi connectivity index (χ0) is 32.9. The zero-order valence-electron chi connectivity index (χ0n) is 27.5. The van der Waals surface area contributed by atoms with Crippen molar-refractivity contribution in [2.75, 3.05) is 26.1 Å². The molecule has 0 saturated heterocycles. The van der Waals surface area contributed by atoms with Gasteiger partial charge in [-0.3, -0.25) is 0 Å². The zero-order valence-corrected chi connectivity index (χ0v) is 27.5. The van der Waals surface area contributed by atoms with Crippen LogP contribution in [0.25, 0.3) is 36.5 Å². The Morgan fingerprint density at radius 2 is 0.596 bits per heavy atom. The third-order valence-corrected chi connectivity index (χ3v) is 7.13. The third kappa shape index (κ3) is 13.0. The van der Waals surface area contributed by atoms with Crippen molar-refractivity contribution in [3.05, 3.63) is 203 Å². The maximum atomic E-state index is 5.11. The first kappa shape index (κ1) is 34.0. The maximum absolute atomic E-state index is 5.11. The molecule has 0 aliphatic carbocycles. The van der Waals surface area contributed by atoms with Gasteiger partial charge in [-0.2, -0.15) is 0 Å². The Bertz CT molecular complexity index is 1730. The summed E-state index contributed by atoms with van der Waals surface area (Å²) in [6, 6.07) is 57.8. The average molecular weight is 614 g/mol. The van der Waals surface area contributed by atoms with E-state index in [0.717, 1.165) is 5.75 Å². The molecule has 6 rings (SSSR count). The highest BCUT2D eigenvalue weighted by Crippen LogP contribution is 2.15. The van der Waals surface area contributed by atoms with Crippen LogP contribution in [0.1, 0.15) is 33.4 Å². The standard InChI is InChI=1S/C16H17N.C15H14O.C14H12/c1-17(2)16-12-10-15(11-13-16)9-8-14-6-4-3-5-7-14;1-16-15-11-9-14(10-12-15)8-7-13-5-3-2-4-6-13;1-3-7-13(8-4-1)11-12-14-9-5-2-6-10-14/h3-13H,1-2H3;2-12H,1H3;1-12H. The molecule has 0 aliphatic heterocycles. The topological polar surface area (TPSA) is 12.5 Å². The molecule has 0 spiro atoms. The van der Waals surface area contributed by atoms with Gasteiger partial charge in [0.05, 0.1) is 7.11 Å². The predicted molar refractivity (Wildman–Crippen MR) is 206 cm³/mol. The first-order valence-corrected chi connectivity index (χ1v) is 15.7. The summed E-state index contributed by atoms with van der Waals surface area (Å²) in [5, 5.41) is 0. The van der Waals surface area contributed by atoms with Crippen LogP contribution in [0.4, 0.5) is 5.69 Å². The van der Waals surface area contributed by atoms with E-state index in [1.807, 2.05) is 84.9 Å². The van der Waals surface area contributed by atoms with E-state index < -0.39 is 0 Å². The quantitative estimate of drug-likeness (QED) is 0.158. The maximum Gasteiger partial charge on any atom is 0.118 e. The highest BCUT2D eigenvalue weighted by atomic mass is 16.5. The van der Waals surface area contributed by atoms with Crippen LogP contribution in [-0.2, 0) is 0 Å². The van der Waals surface area contributed by atoms with Crippen LogP contribution in [0.15, 0.2) is 170 Å². The number of rotatable bonds is 8. The predicted octanol–water partition coefficient (Wildman–Crippen LogP) is 11.6. The second-order valence-corrected chi connectivity index (χ2v) is 10.9. The lowest BCUT2D eigenvalue weighted by atomic mass is 10.1. The molecule has 2 heteroatoms. The minimum atomic E-state index is 0.886. The molecule has 0 aliphatic rings. The van der Waals surface area contributed by atoms with Gasteiger partial charge in [0.25, 0.3) is 0 Å². The van der Waals surface area contributed by atoms with Crippen molar-refractivity contribution in [1.82, 2.24) is 0 Å². The fourth-order valence-corrected chi connectivity index (χ4v) is 4.43. The SMILES string of the molecule is C(=Cc1ccccc1)c1ccccc1.CN(C)c1ccc(C=Cc2ccccc2)cc1.COc1ccc(C=Cc2ccccc2)cc1. The van der Waals surface area contributed by atoms with Gasteiger partial charge in [-0.15, -0.1) is 0 Å². The number of benzene rings is 6. The van der Waals surface area contributed by atoms with Crippen LogP contribution < -0.4 is 9.64 Å².